The highest BCUT2D eigenvalue weighted by molar-refractivity contribution is 7.26. The van der Waals surface area contributed by atoms with Crippen LogP contribution < -0.4 is 4.90 Å². The van der Waals surface area contributed by atoms with Crippen molar-refractivity contribution in [2.24, 2.45) is 0 Å². The van der Waals surface area contributed by atoms with Gasteiger partial charge in [-0.25, -0.2) is 0 Å². The summed E-state index contributed by atoms with van der Waals surface area (Å²) in [6.45, 7) is 0. The van der Waals surface area contributed by atoms with E-state index in [9.17, 15) is 0 Å². The number of aromatic nitrogens is 1. The van der Waals surface area contributed by atoms with E-state index in [0.29, 0.717) is 0 Å². The fourth-order valence-corrected chi connectivity index (χ4v) is 10.5. The molecule has 0 fully saturated rings. The van der Waals surface area contributed by atoms with Gasteiger partial charge in [-0.05, 0) is 93.4 Å². The second-order valence-corrected chi connectivity index (χ2v) is 16.7. The van der Waals surface area contributed by atoms with E-state index in [0.717, 1.165) is 17.1 Å². The van der Waals surface area contributed by atoms with Crippen LogP contribution in [0.4, 0.5) is 17.1 Å². The summed E-state index contributed by atoms with van der Waals surface area (Å²) in [6, 6.07) is 84.1. The van der Waals surface area contributed by atoms with Gasteiger partial charge in [-0.2, -0.15) is 0 Å². The molecule has 2 aromatic heterocycles. The lowest BCUT2D eigenvalue weighted by molar-refractivity contribution is 1.19. The topological polar surface area (TPSA) is 8.17 Å². The van der Waals surface area contributed by atoms with Crippen molar-refractivity contribution >= 4 is 81.1 Å². The number of benzene rings is 10. The zero-order valence-corrected chi connectivity index (χ0v) is 34.1. The molecule has 2 heterocycles. The van der Waals surface area contributed by atoms with E-state index in [2.05, 4.69) is 240 Å². The Hall–Kier alpha value is -7.72. The molecule has 0 spiro atoms. The standard InChI is InChI=1S/C58H38N2S/c1-4-15-40(16-5-1)47-36-33-46(38-53(47)41-17-6-2-7-18-41)59(54-25-14-24-52-50-23-12-13-26-56(50)61-58(52)54)45-31-27-39(28-32-45)43-30-34-49-51-35-29-42-19-10-11-22-48(42)57(51)60(55(49)37-43)44-20-8-3-9-21-44/h1-38H. The van der Waals surface area contributed by atoms with Crippen LogP contribution in [-0.4, -0.2) is 4.57 Å². The maximum atomic E-state index is 2.45. The molecule has 61 heavy (non-hydrogen) atoms. The molecule has 0 amide bonds. The average Bonchev–Trinajstić information content (AvgIpc) is 3.89. The van der Waals surface area contributed by atoms with Gasteiger partial charge in [0.25, 0.3) is 0 Å². The largest absolute Gasteiger partial charge is 0.309 e. The minimum atomic E-state index is 1.10. The van der Waals surface area contributed by atoms with E-state index in [-0.39, 0.29) is 0 Å². The number of anilines is 3. The molecule has 286 valence electrons. The maximum Gasteiger partial charge on any atom is 0.0640 e. The predicted octanol–water partition coefficient (Wildman–Crippen LogP) is 16.8. The molecule has 0 aliphatic carbocycles. The van der Waals surface area contributed by atoms with Gasteiger partial charge in [-0.3, -0.25) is 0 Å². The van der Waals surface area contributed by atoms with Crippen molar-refractivity contribution in [3.63, 3.8) is 0 Å². The zero-order chi connectivity index (χ0) is 40.3. The molecule has 0 N–H and O–H groups in total. The Morgan fingerprint density at radius 3 is 1.77 bits per heavy atom. The molecule has 12 rings (SSSR count). The minimum absolute atomic E-state index is 1.10. The number of hydrogen-bond acceptors (Lipinski definition) is 2. The van der Waals surface area contributed by atoms with Crippen LogP contribution in [0.3, 0.4) is 0 Å². The third kappa shape index (κ3) is 5.93. The van der Waals surface area contributed by atoms with Crippen molar-refractivity contribution in [2.45, 2.75) is 0 Å². The average molecular weight is 795 g/mol. The van der Waals surface area contributed by atoms with Crippen LogP contribution in [0.25, 0.3) is 91.8 Å². The molecule has 0 aliphatic heterocycles. The fraction of sp³-hybridized carbons (Fsp3) is 0. The number of fused-ring (bicyclic) bond motifs is 8. The van der Waals surface area contributed by atoms with Crippen LogP contribution in [0, 0.1) is 0 Å². The molecule has 0 saturated heterocycles. The Morgan fingerprint density at radius 1 is 0.361 bits per heavy atom. The molecular weight excluding hydrogens is 757 g/mol. The normalized spacial score (nSPS) is 11.6. The number of nitrogens with zero attached hydrogens (tertiary/aromatic N) is 2. The lowest BCUT2D eigenvalue weighted by Crippen LogP contribution is -2.10. The van der Waals surface area contributed by atoms with Gasteiger partial charge >= 0.3 is 0 Å². The molecular formula is C58H38N2S. The first kappa shape index (κ1) is 35.2. The summed E-state index contributed by atoms with van der Waals surface area (Å²) < 4.78 is 5.01. The second-order valence-electron chi connectivity index (χ2n) is 15.7. The molecule has 0 bridgehead atoms. The van der Waals surface area contributed by atoms with Crippen LogP contribution in [0.15, 0.2) is 231 Å². The molecule has 12 aromatic rings. The molecule has 0 atom stereocenters. The number of para-hydroxylation sites is 1. The highest BCUT2D eigenvalue weighted by Crippen LogP contribution is 2.47. The lowest BCUT2D eigenvalue weighted by atomic mass is 9.93. The van der Waals surface area contributed by atoms with E-state index in [1.165, 1.54) is 91.8 Å². The van der Waals surface area contributed by atoms with Gasteiger partial charge in [0.1, 0.15) is 0 Å². The highest BCUT2D eigenvalue weighted by atomic mass is 32.1. The predicted molar refractivity (Wildman–Crippen MR) is 262 cm³/mol. The van der Waals surface area contributed by atoms with Crippen molar-refractivity contribution in [1.29, 1.82) is 0 Å². The van der Waals surface area contributed by atoms with Crippen LogP contribution >= 0.6 is 11.3 Å². The Balaban J connectivity index is 1.04. The monoisotopic (exact) mass is 794 g/mol. The number of rotatable bonds is 7. The van der Waals surface area contributed by atoms with Crippen molar-refractivity contribution in [3.8, 4) is 39.1 Å². The first-order chi connectivity index (χ1) is 30.3. The smallest absolute Gasteiger partial charge is 0.0640 e. The van der Waals surface area contributed by atoms with Gasteiger partial charge in [0.15, 0.2) is 0 Å². The summed E-state index contributed by atoms with van der Waals surface area (Å²) in [5.41, 5.74) is 14.1. The molecule has 0 unspecified atom stereocenters. The van der Waals surface area contributed by atoms with Gasteiger partial charge in [0.05, 0.1) is 21.4 Å². The molecule has 0 radical (unpaired) electrons. The van der Waals surface area contributed by atoms with Gasteiger partial charge in [-0.1, -0.05) is 176 Å². The number of hydrogen-bond donors (Lipinski definition) is 0. The first-order valence-corrected chi connectivity index (χ1v) is 21.7. The van der Waals surface area contributed by atoms with Gasteiger partial charge in [-0.15, -0.1) is 11.3 Å². The zero-order valence-electron chi connectivity index (χ0n) is 33.2. The van der Waals surface area contributed by atoms with Crippen LogP contribution in [0.5, 0.6) is 0 Å². The molecule has 2 nitrogen and oxygen atoms in total. The van der Waals surface area contributed by atoms with Crippen molar-refractivity contribution in [2.75, 3.05) is 4.90 Å². The summed E-state index contributed by atoms with van der Waals surface area (Å²) >= 11 is 1.87. The second kappa shape index (κ2) is 14.5. The third-order valence-electron chi connectivity index (χ3n) is 12.2. The maximum absolute atomic E-state index is 2.45. The Kier molecular flexibility index (Phi) is 8.39. The van der Waals surface area contributed by atoms with Crippen molar-refractivity contribution in [1.82, 2.24) is 4.57 Å². The third-order valence-corrected chi connectivity index (χ3v) is 13.4. The quantitative estimate of drug-likeness (QED) is 0.156. The van der Waals surface area contributed by atoms with Crippen molar-refractivity contribution < 1.29 is 0 Å². The van der Waals surface area contributed by atoms with E-state index >= 15 is 0 Å². The van der Waals surface area contributed by atoms with Gasteiger partial charge in [0.2, 0.25) is 0 Å². The fourth-order valence-electron chi connectivity index (χ4n) is 9.34. The van der Waals surface area contributed by atoms with Gasteiger partial charge < -0.3 is 9.47 Å². The van der Waals surface area contributed by atoms with Crippen molar-refractivity contribution in [3.05, 3.63) is 231 Å². The van der Waals surface area contributed by atoms with Crippen LogP contribution in [-0.2, 0) is 0 Å². The summed E-state index contributed by atoms with van der Waals surface area (Å²) in [5.74, 6) is 0. The van der Waals surface area contributed by atoms with E-state index in [4.69, 9.17) is 0 Å². The Labute approximate surface area is 358 Å². The summed E-state index contributed by atoms with van der Waals surface area (Å²) in [5, 5.41) is 7.58. The number of thiophene rings is 1. The molecule has 0 aliphatic rings. The van der Waals surface area contributed by atoms with Crippen LogP contribution in [0.2, 0.25) is 0 Å². The van der Waals surface area contributed by atoms with E-state index in [1.54, 1.807) is 0 Å². The molecule has 0 saturated carbocycles. The lowest BCUT2D eigenvalue weighted by Gasteiger charge is -2.27. The molecule has 3 heteroatoms. The minimum Gasteiger partial charge on any atom is -0.309 e. The Bertz CT molecular complexity index is 3570. The SMILES string of the molecule is c1ccc(-c2ccc(N(c3ccc(-c4ccc5c6ccc7ccccc7c6n(-c6ccccc6)c5c4)cc3)c3cccc4c3sc3ccccc34)cc2-c2ccccc2)cc1. The van der Waals surface area contributed by atoms with Crippen LogP contribution in [0.1, 0.15) is 0 Å². The van der Waals surface area contributed by atoms with Gasteiger partial charge in [0, 0.05) is 48.7 Å². The Morgan fingerprint density at radius 2 is 0.984 bits per heavy atom. The highest BCUT2D eigenvalue weighted by Gasteiger charge is 2.21. The molecule has 10 aromatic carbocycles. The summed E-state index contributed by atoms with van der Waals surface area (Å²) in [6.07, 6.45) is 0. The van der Waals surface area contributed by atoms with E-state index < -0.39 is 0 Å². The summed E-state index contributed by atoms with van der Waals surface area (Å²) in [7, 11) is 0. The van der Waals surface area contributed by atoms with E-state index in [1.807, 2.05) is 11.3 Å². The summed E-state index contributed by atoms with van der Waals surface area (Å²) in [4.78, 5) is 2.45. The first-order valence-electron chi connectivity index (χ1n) is 20.8.